The van der Waals surface area contributed by atoms with Gasteiger partial charge in [-0.25, -0.2) is 0 Å². The maximum Gasteiger partial charge on any atom is 0.254 e. The molecule has 0 radical (unpaired) electrons. The Labute approximate surface area is 103 Å². The SMILES string of the molecule is CCCC(C)(C)NC(=O)c1c(C)cccc1N. The molecule has 94 valence electrons. The van der Waals surface area contributed by atoms with E-state index >= 15 is 0 Å². The first-order valence-corrected chi connectivity index (χ1v) is 6.05. The number of hydrogen-bond donors (Lipinski definition) is 2. The van der Waals surface area contributed by atoms with Crippen molar-refractivity contribution in [3.05, 3.63) is 29.3 Å². The molecule has 17 heavy (non-hydrogen) atoms. The number of nitrogen functional groups attached to an aromatic ring is 1. The van der Waals surface area contributed by atoms with Crippen molar-refractivity contribution in [3.63, 3.8) is 0 Å². The monoisotopic (exact) mass is 234 g/mol. The summed E-state index contributed by atoms with van der Waals surface area (Å²) in [6.07, 6.45) is 1.99. The van der Waals surface area contributed by atoms with Crippen LogP contribution in [0, 0.1) is 6.92 Å². The number of anilines is 1. The highest BCUT2D eigenvalue weighted by Crippen LogP contribution is 2.18. The van der Waals surface area contributed by atoms with E-state index in [1.54, 1.807) is 6.07 Å². The van der Waals surface area contributed by atoms with E-state index in [2.05, 4.69) is 12.2 Å². The predicted octanol–water partition coefficient (Wildman–Crippen LogP) is 2.89. The molecule has 1 aromatic rings. The lowest BCUT2D eigenvalue weighted by Gasteiger charge is -2.26. The minimum atomic E-state index is -0.194. The summed E-state index contributed by atoms with van der Waals surface area (Å²) in [5.41, 5.74) is 7.70. The quantitative estimate of drug-likeness (QED) is 0.787. The van der Waals surface area contributed by atoms with Crippen LogP contribution in [0.15, 0.2) is 18.2 Å². The van der Waals surface area contributed by atoms with E-state index in [1.165, 1.54) is 0 Å². The van der Waals surface area contributed by atoms with Crippen LogP contribution < -0.4 is 11.1 Å². The van der Waals surface area contributed by atoms with Crippen LogP contribution in [0.2, 0.25) is 0 Å². The molecule has 0 aromatic heterocycles. The molecule has 0 atom stereocenters. The number of carbonyl (C=O) groups is 1. The fourth-order valence-electron chi connectivity index (χ4n) is 2.06. The van der Waals surface area contributed by atoms with Gasteiger partial charge < -0.3 is 11.1 Å². The molecule has 0 heterocycles. The summed E-state index contributed by atoms with van der Waals surface area (Å²) in [7, 11) is 0. The van der Waals surface area contributed by atoms with Gasteiger partial charge in [0.2, 0.25) is 0 Å². The summed E-state index contributed by atoms with van der Waals surface area (Å²) in [5.74, 6) is -0.0842. The van der Waals surface area contributed by atoms with Crippen molar-refractivity contribution in [2.45, 2.75) is 46.1 Å². The summed E-state index contributed by atoms with van der Waals surface area (Å²) in [4.78, 5) is 12.2. The second-order valence-electron chi connectivity index (χ2n) is 5.13. The number of amides is 1. The van der Waals surface area contributed by atoms with Crippen molar-refractivity contribution in [2.24, 2.45) is 0 Å². The number of nitrogens with one attached hydrogen (secondary N) is 1. The molecule has 3 N–H and O–H groups in total. The Bertz CT molecular complexity index is 390. The zero-order valence-electron chi connectivity index (χ0n) is 11.1. The number of rotatable bonds is 4. The topological polar surface area (TPSA) is 55.1 Å². The van der Waals surface area contributed by atoms with Gasteiger partial charge in [-0.3, -0.25) is 4.79 Å². The highest BCUT2D eigenvalue weighted by molar-refractivity contribution is 6.00. The zero-order valence-corrected chi connectivity index (χ0v) is 11.1. The average molecular weight is 234 g/mol. The second-order valence-corrected chi connectivity index (χ2v) is 5.13. The van der Waals surface area contributed by atoms with Gasteiger partial charge in [0.15, 0.2) is 0 Å². The first kappa shape index (κ1) is 13.6. The van der Waals surface area contributed by atoms with Gasteiger partial charge in [-0.05, 0) is 38.8 Å². The zero-order chi connectivity index (χ0) is 13.1. The number of benzene rings is 1. The Morgan fingerprint density at radius 2 is 2.06 bits per heavy atom. The van der Waals surface area contributed by atoms with Gasteiger partial charge in [-0.1, -0.05) is 25.5 Å². The molecule has 0 aliphatic carbocycles. The Morgan fingerprint density at radius 3 is 2.59 bits per heavy atom. The molecule has 0 saturated heterocycles. The molecule has 0 fully saturated rings. The summed E-state index contributed by atoms with van der Waals surface area (Å²) in [6.45, 7) is 8.07. The number of nitrogens with two attached hydrogens (primary N) is 1. The van der Waals surface area contributed by atoms with Crippen LogP contribution in [0.3, 0.4) is 0 Å². The third kappa shape index (κ3) is 3.48. The van der Waals surface area contributed by atoms with E-state index in [4.69, 9.17) is 5.73 Å². The van der Waals surface area contributed by atoms with E-state index in [0.29, 0.717) is 11.3 Å². The lowest BCUT2D eigenvalue weighted by molar-refractivity contribution is 0.0909. The van der Waals surface area contributed by atoms with Crippen molar-refractivity contribution in [1.29, 1.82) is 0 Å². The molecule has 0 aliphatic rings. The van der Waals surface area contributed by atoms with E-state index in [9.17, 15) is 4.79 Å². The number of carbonyl (C=O) groups excluding carboxylic acids is 1. The highest BCUT2D eigenvalue weighted by Gasteiger charge is 2.22. The van der Waals surface area contributed by atoms with Gasteiger partial charge in [-0.2, -0.15) is 0 Å². The summed E-state index contributed by atoms with van der Waals surface area (Å²) >= 11 is 0. The Kier molecular flexibility index (Phi) is 4.16. The van der Waals surface area contributed by atoms with Crippen molar-refractivity contribution in [1.82, 2.24) is 5.32 Å². The third-order valence-corrected chi connectivity index (χ3v) is 2.86. The van der Waals surface area contributed by atoms with E-state index in [-0.39, 0.29) is 11.4 Å². The summed E-state index contributed by atoms with van der Waals surface area (Å²) in [6, 6.07) is 5.52. The largest absolute Gasteiger partial charge is 0.398 e. The molecule has 0 unspecified atom stereocenters. The van der Waals surface area contributed by atoms with Crippen molar-refractivity contribution >= 4 is 11.6 Å². The van der Waals surface area contributed by atoms with Gasteiger partial charge in [0.05, 0.1) is 5.56 Å². The third-order valence-electron chi connectivity index (χ3n) is 2.86. The Morgan fingerprint density at radius 1 is 1.41 bits per heavy atom. The molecule has 3 nitrogen and oxygen atoms in total. The molecule has 1 aromatic carbocycles. The maximum absolute atomic E-state index is 12.2. The minimum absolute atomic E-state index is 0.0842. The van der Waals surface area contributed by atoms with E-state index in [0.717, 1.165) is 18.4 Å². The van der Waals surface area contributed by atoms with Crippen molar-refractivity contribution in [3.8, 4) is 0 Å². The molecule has 0 bridgehead atoms. The van der Waals surface area contributed by atoms with E-state index in [1.807, 2.05) is 32.9 Å². The van der Waals surface area contributed by atoms with Crippen LogP contribution in [0.4, 0.5) is 5.69 Å². The Hall–Kier alpha value is -1.51. The van der Waals surface area contributed by atoms with Gasteiger partial charge in [0.1, 0.15) is 0 Å². The number of hydrogen-bond acceptors (Lipinski definition) is 2. The standard InChI is InChI=1S/C14H22N2O/c1-5-9-14(3,4)16-13(17)12-10(2)7-6-8-11(12)15/h6-8H,5,9,15H2,1-4H3,(H,16,17). The summed E-state index contributed by atoms with van der Waals surface area (Å²) in [5, 5.41) is 3.04. The fourth-order valence-corrected chi connectivity index (χ4v) is 2.06. The minimum Gasteiger partial charge on any atom is -0.398 e. The highest BCUT2D eigenvalue weighted by atomic mass is 16.1. The van der Waals surface area contributed by atoms with Crippen LogP contribution >= 0.6 is 0 Å². The maximum atomic E-state index is 12.2. The predicted molar refractivity (Wildman–Crippen MR) is 72.0 cm³/mol. The van der Waals surface area contributed by atoms with Crippen LogP contribution in [0.5, 0.6) is 0 Å². The molecular weight excluding hydrogens is 212 g/mol. The Balaban J connectivity index is 2.91. The van der Waals surface area contributed by atoms with Crippen LogP contribution in [0.25, 0.3) is 0 Å². The fraction of sp³-hybridized carbons (Fsp3) is 0.500. The number of aryl methyl sites for hydroxylation is 1. The average Bonchev–Trinajstić information content (AvgIpc) is 2.15. The van der Waals surface area contributed by atoms with Crippen LogP contribution in [-0.4, -0.2) is 11.4 Å². The molecule has 0 spiro atoms. The summed E-state index contributed by atoms with van der Waals surface area (Å²) < 4.78 is 0. The van der Waals surface area contributed by atoms with Gasteiger partial charge in [-0.15, -0.1) is 0 Å². The van der Waals surface area contributed by atoms with Crippen molar-refractivity contribution in [2.75, 3.05) is 5.73 Å². The molecule has 3 heteroatoms. The smallest absolute Gasteiger partial charge is 0.254 e. The first-order valence-electron chi connectivity index (χ1n) is 6.05. The lowest BCUT2D eigenvalue weighted by Crippen LogP contribution is -2.43. The molecular formula is C14H22N2O. The van der Waals surface area contributed by atoms with Crippen LogP contribution in [-0.2, 0) is 0 Å². The second kappa shape index (κ2) is 5.21. The van der Waals surface area contributed by atoms with Gasteiger partial charge >= 0.3 is 0 Å². The molecule has 1 amide bonds. The normalized spacial score (nSPS) is 11.3. The van der Waals surface area contributed by atoms with Crippen molar-refractivity contribution < 1.29 is 4.79 Å². The van der Waals surface area contributed by atoms with Gasteiger partial charge in [0, 0.05) is 11.2 Å². The van der Waals surface area contributed by atoms with Crippen LogP contribution in [0.1, 0.15) is 49.5 Å². The van der Waals surface area contributed by atoms with E-state index < -0.39 is 0 Å². The molecule has 0 saturated carbocycles. The molecule has 1 rings (SSSR count). The lowest BCUT2D eigenvalue weighted by atomic mass is 9.97. The molecule has 0 aliphatic heterocycles. The van der Waals surface area contributed by atoms with Gasteiger partial charge in [0.25, 0.3) is 5.91 Å². The first-order chi connectivity index (χ1) is 7.87.